The van der Waals surface area contributed by atoms with Gasteiger partial charge < -0.3 is 10.0 Å². The summed E-state index contributed by atoms with van der Waals surface area (Å²) in [5, 5.41) is 15.9. The third kappa shape index (κ3) is 3.54. The van der Waals surface area contributed by atoms with Gasteiger partial charge in [0.15, 0.2) is 11.3 Å². The highest BCUT2D eigenvalue weighted by Gasteiger charge is 2.32. The smallest absolute Gasteiger partial charge is 0.354 e. The predicted molar refractivity (Wildman–Crippen MR) is 124 cm³/mol. The molecule has 1 saturated heterocycles. The number of para-hydroxylation sites is 1. The van der Waals surface area contributed by atoms with Crippen molar-refractivity contribution in [3.8, 4) is 5.69 Å². The van der Waals surface area contributed by atoms with Crippen LogP contribution < -0.4 is 4.90 Å². The van der Waals surface area contributed by atoms with Gasteiger partial charge in [-0.15, -0.1) is 0 Å². The van der Waals surface area contributed by atoms with Crippen molar-refractivity contribution < 1.29 is 9.90 Å². The fourth-order valence-corrected chi connectivity index (χ4v) is 5.04. The lowest BCUT2D eigenvalue weighted by atomic mass is 9.82. The molecule has 7 heteroatoms. The van der Waals surface area contributed by atoms with Crippen molar-refractivity contribution in [3.05, 3.63) is 47.8 Å². The number of fused-ring (bicyclic) bond motifs is 1. The Labute approximate surface area is 187 Å². The summed E-state index contributed by atoms with van der Waals surface area (Å²) in [6.45, 7) is 5.07. The van der Waals surface area contributed by atoms with E-state index in [4.69, 9.17) is 5.10 Å². The Bertz CT molecular complexity index is 1140. The molecule has 0 atom stereocenters. The number of benzene rings is 1. The Kier molecular flexibility index (Phi) is 4.86. The van der Waals surface area contributed by atoms with Crippen molar-refractivity contribution in [2.24, 2.45) is 5.92 Å². The highest BCUT2D eigenvalue weighted by atomic mass is 16.4. The van der Waals surface area contributed by atoms with Crippen LogP contribution in [0.1, 0.15) is 54.2 Å². The number of carboxylic acids is 1. The first-order valence-electron chi connectivity index (χ1n) is 11.9. The van der Waals surface area contributed by atoms with Gasteiger partial charge in [0.25, 0.3) is 0 Å². The number of pyridine rings is 1. The number of nitrogens with zero attached hydrogens (tertiary/aromatic N) is 5. The van der Waals surface area contributed by atoms with Crippen LogP contribution in [-0.2, 0) is 0 Å². The van der Waals surface area contributed by atoms with Crippen LogP contribution in [0, 0.1) is 5.92 Å². The average molecular weight is 432 g/mol. The number of anilines is 1. The van der Waals surface area contributed by atoms with E-state index < -0.39 is 5.97 Å². The lowest BCUT2D eigenvalue weighted by Gasteiger charge is -2.37. The van der Waals surface area contributed by atoms with Gasteiger partial charge in [-0.05, 0) is 49.8 Å². The summed E-state index contributed by atoms with van der Waals surface area (Å²) in [5.41, 5.74) is 3.73. The van der Waals surface area contributed by atoms with Crippen LogP contribution in [0.15, 0.2) is 36.4 Å². The minimum Gasteiger partial charge on any atom is -0.477 e. The summed E-state index contributed by atoms with van der Waals surface area (Å²) in [6.07, 6.45) is 6.24. The summed E-state index contributed by atoms with van der Waals surface area (Å²) >= 11 is 0. The zero-order valence-electron chi connectivity index (χ0n) is 18.3. The van der Waals surface area contributed by atoms with E-state index in [0.717, 1.165) is 67.4 Å². The number of carbonyl (C=O) groups is 1. The molecule has 0 bridgehead atoms. The molecule has 3 heterocycles. The summed E-state index contributed by atoms with van der Waals surface area (Å²) in [4.78, 5) is 21.5. The molecule has 2 saturated carbocycles. The van der Waals surface area contributed by atoms with E-state index in [-0.39, 0.29) is 5.69 Å². The number of piperazine rings is 1. The second-order valence-electron chi connectivity index (χ2n) is 9.52. The Morgan fingerprint density at radius 2 is 1.78 bits per heavy atom. The molecule has 0 amide bonds. The van der Waals surface area contributed by atoms with Crippen LogP contribution in [0.4, 0.5) is 5.69 Å². The summed E-state index contributed by atoms with van der Waals surface area (Å²) in [7, 11) is 0. The van der Waals surface area contributed by atoms with Crippen LogP contribution >= 0.6 is 0 Å². The van der Waals surface area contributed by atoms with Gasteiger partial charge in [0.05, 0.1) is 22.5 Å². The molecule has 3 fully saturated rings. The number of rotatable bonds is 6. The van der Waals surface area contributed by atoms with Crippen LogP contribution in [0.5, 0.6) is 0 Å². The Hall–Kier alpha value is -2.93. The normalized spacial score (nSPS) is 19.9. The molecular weight excluding hydrogens is 402 g/mol. The van der Waals surface area contributed by atoms with E-state index in [2.05, 4.69) is 14.8 Å². The summed E-state index contributed by atoms with van der Waals surface area (Å²) < 4.78 is 1.85. The largest absolute Gasteiger partial charge is 0.477 e. The number of carboxylic acid groups (broad SMARTS) is 1. The lowest BCUT2D eigenvalue weighted by Crippen LogP contribution is -2.47. The topological polar surface area (TPSA) is 74.5 Å². The molecule has 32 heavy (non-hydrogen) atoms. The van der Waals surface area contributed by atoms with Crippen LogP contribution in [-0.4, -0.2) is 63.5 Å². The van der Waals surface area contributed by atoms with Crippen LogP contribution in [0.2, 0.25) is 0 Å². The maximum Gasteiger partial charge on any atom is 0.354 e. The minimum atomic E-state index is -0.994. The molecule has 3 aromatic rings. The van der Waals surface area contributed by atoms with Crippen molar-refractivity contribution in [2.75, 3.05) is 37.6 Å². The van der Waals surface area contributed by atoms with Crippen molar-refractivity contribution in [1.82, 2.24) is 19.7 Å². The zero-order chi connectivity index (χ0) is 21.7. The average Bonchev–Trinajstić information content (AvgIpc) is 3.52. The molecule has 2 aliphatic carbocycles. The lowest BCUT2D eigenvalue weighted by molar-refractivity contribution is 0.0691. The fourth-order valence-electron chi connectivity index (χ4n) is 5.04. The number of hydrogen-bond acceptors (Lipinski definition) is 5. The molecule has 7 nitrogen and oxygen atoms in total. The third-order valence-electron chi connectivity index (χ3n) is 7.28. The number of hydrogen-bond donors (Lipinski definition) is 1. The summed E-state index contributed by atoms with van der Waals surface area (Å²) in [5.74, 6) is 0.323. The van der Waals surface area contributed by atoms with Gasteiger partial charge in [-0.1, -0.05) is 24.6 Å². The predicted octanol–water partition coefficient (Wildman–Crippen LogP) is 3.92. The van der Waals surface area contributed by atoms with Crippen LogP contribution in [0.25, 0.3) is 16.7 Å². The Morgan fingerprint density at radius 3 is 2.41 bits per heavy atom. The quantitative estimate of drug-likeness (QED) is 0.638. The van der Waals surface area contributed by atoms with Gasteiger partial charge >= 0.3 is 5.97 Å². The van der Waals surface area contributed by atoms with Crippen molar-refractivity contribution in [1.29, 1.82) is 0 Å². The first-order valence-corrected chi connectivity index (χ1v) is 11.9. The molecule has 0 spiro atoms. The number of aromatic carboxylic acids is 1. The Balaban J connectivity index is 1.46. The highest BCUT2D eigenvalue weighted by molar-refractivity contribution is 5.98. The van der Waals surface area contributed by atoms with E-state index in [1.165, 1.54) is 25.8 Å². The van der Waals surface area contributed by atoms with Gasteiger partial charge in [0, 0.05) is 38.6 Å². The maximum absolute atomic E-state index is 12.0. The molecule has 3 aliphatic rings. The molecule has 2 aromatic heterocycles. The molecule has 6 rings (SSSR count). The standard InChI is InChI=1S/C25H29N5O2/c31-25(32)20-15-21(29-13-11-28(12-14-29)16-17-9-10-17)22-23(18-5-4-6-18)27-30(24(22)26-20)19-7-2-1-3-8-19/h1-3,7-8,15,17-18H,4-6,9-14,16H2,(H,31,32). The monoisotopic (exact) mass is 431 g/mol. The van der Waals surface area contributed by atoms with Gasteiger partial charge in [0.1, 0.15) is 0 Å². The first kappa shape index (κ1) is 19.7. The van der Waals surface area contributed by atoms with E-state index in [1.807, 2.05) is 35.0 Å². The van der Waals surface area contributed by atoms with Crippen LogP contribution in [0.3, 0.4) is 0 Å². The van der Waals surface area contributed by atoms with E-state index in [1.54, 1.807) is 6.07 Å². The van der Waals surface area contributed by atoms with Gasteiger partial charge in [-0.2, -0.15) is 5.10 Å². The minimum absolute atomic E-state index is 0.0881. The molecule has 0 radical (unpaired) electrons. The number of aromatic nitrogens is 3. The second kappa shape index (κ2) is 7.89. The SMILES string of the molecule is O=C(O)c1cc(N2CCN(CC3CC3)CC2)c2c(C3CCC3)nn(-c3ccccc3)c2n1. The Morgan fingerprint density at radius 1 is 1.03 bits per heavy atom. The molecule has 1 aliphatic heterocycles. The second-order valence-corrected chi connectivity index (χ2v) is 9.52. The fraction of sp³-hybridized carbons (Fsp3) is 0.480. The highest BCUT2D eigenvalue weighted by Crippen LogP contribution is 2.43. The molecule has 1 aromatic carbocycles. The van der Waals surface area contributed by atoms with Crippen molar-refractivity contribution in [2.45, 2.75) is 38.0 Å². The van der Waals surface area contributed by atoms with E-state index in [9.17, 15) is 9.90 Å². The first-order chi connectivity index (χ1) is 15.7. The van der Waals surface area contributed by atoms with Gasteiger partial charge in [0.2, 0.25) is 0 Å². The van der Waals surface area contributed by atoms with E-state index >= 15 is 0 Å². The zero-order valence-corrected chi connectivity index (χ0v) is 18.3. The van der Waals surface area contributed by atoms with Crippen molar-refractivity contribution >= 4 is 22.7 Å². The summed E-state index contributed by atoms with van der Waals surface area (Å²) in [6, 6.07) is 11.7. The molecule has 166 valence electrons. The van der Waals surface area contributed by atoms with Gasteiger partial charge in [-0.25, -0.2) is 14.5 Å². The van der Waals surface area contributed by atoms with Gasteiger partial charge in [-0.3, -0.25) is 4.90 Å². The molecule has 1 N–H and O–H groups in total. The molecule has 0 unspecified atom stereocenters. The molecular formula is C25H29N5O2. The maximum atomic E-state index is 12.0. The van der Waals surface area contributed by atoms with Crippen molar-refractivity contribution in [3.63, 3.8) is 0 Å². The van der Waals surface area contributed by atoms with E-state index in [0.29, 0.717) is 11.6 Å². The third-order valence-corrected chi connectivity index (χ3v) is 7.28.